The van der Waals surface area contributed by atoms with Gasteiger partial charge in [-0.1, -0.05) is 11.8 Å². The van der Waals surface area contributed by atoms with E-state index < -0.39 is 36.7 Å². The molecule has 0 bridgehead atoms. The van der Waals surface area contributed by atoms with Crippen LogP contribution in [0, 0.1) is 0 Å². The van der Waals surface area contributed by atoms with Gasteiger partial charge in [-0.2, -0.15) is 0 Å². The topological polar surface area (TPSA) is 147 Å². The molecule has 4 N–H and O–H groups in total. The van der Waals surface area contributed by atoms with Gasteiger partial charge < -0.3 is 24.5 Å². The van der Waals surface area contributed by atoms with Crippen LogP contribution in [-0.4, -0.2) is 59.8 Å². The van der Waals surface area contributed by atoms with Crippen LogP contribution in [-0.2, 0) is 10.5 Å². The molecule has 4 rings (SSSR count). The summed E-state index contributed by atoms with van der Waals surface area (Å²) in [7, 11) is 0. The number of ether oxygens (including phenoxy) is 1. The number of aliphatic hydroxyl groups excluding tert-OH is 3. The van der Waals surface area contributed by atoms with E-state index in [-0.39, 0.29) is 11.2 Å². The Morgan fingerprint density at radius 1 is 1.35 bits per heavy atom. The van der Waals surface area contributed by atoms with Gasteiger partial charge in [0.1, 0.15) is 24.1 Å². The van der Waals surface area contributed by atoms with Crippen molar-refractivity contribution in [2.75, 3.05) is 6.61 Å². The zero-order valence-corrected chi connectivity index (χ0v) is 14.2. The number of thioether (sulfide) groups is 1. The predicted octanol–water partition coefficient (Wildman–Crippen LogP) is -0.384. The molecule has 10 nitrogen and oxygen atoms in total. The summed E-state index contributed by atoms with van der Waals surface area (Å²) in [6, 6.07) is 3.58. The highest BCUT2D eigenvalue weighted by atomic mass is 32.2. The lowest BCUT2D eigenvalue weighted by atomic mass is 10.1. The minimum atomic E-state index is -1.29. The van der Waals surface area contributed by atoms with Crippen molar-refractivity contribution in [2.24, 2.45) is 0 Å². The molecule has 1 saturated heterocycles. The van der Waals surface area contributed by atoms with Crippen molar-refractivity contribution in [3.63, 3.8) is 0 Å². The molecule has 0 spiro atoms. The van der Waals surface area contributed by atoms with Gasteiger partial charge in [-0.05, 0) is 12.1 Å². The molecule has 4 heterocycles. The number of hydrogen-bond donors (Lipinski definition) is 4. The van der Waals surface area contributed by atoms with Gasteiger partial charge in [0, 0.05) is 0 Å². The van der Waals surface area contributed by atoms with Gasteiger partial charge >= 0.3 is 0 Å². The van der Waals surface area contributed by atoms with Gasteiger partial charge in [-0.3, -0.25) is 14.3 Å². The molecule has 0 radical (unpaired) electrons. The number of rotatable bonds is 5. The van der Waals surface area contributed by atoms with Crippen LogP contribution >= 0.6 is 11.8 Å². The number of H-pyrrole nitrogens is 1. The van der Waals surface area contributed by atoms with Crippen molar-refractivity contribution >= 4 is 22.9 Å². The van der Waals surface area contributed by atoms with Gasteiger partial charge in [0.25, 0.3) is 5.56 Å². The Hall–Kier alpha value is -2.18. The minimum Gasteiger partial charge on any atom is -0.468 e. The molecule has 11 heteroatoms. The molecular weight excluding hydrogens is 364 g/mol. The van der Waals surface area contributed by atoms with Gasteiger partial charge in [0.2, 0.25) is 0 Å². The standard InChI is InChI=1S/C15H16N4O6S/c20-4-8-10(21)11(22)14(25-8)19-6-16-9-12(19)17-15(18-13(9)23)26-5-7-2-1-3-24-7/h1-3,6,8,10-11,14,20-22H,4-5H2,(H,17,18,23)/t8-,10-,11-,14-/m1/s1. The number of fused-ring (bicyclic) bond motifs is 1. The highest BCUT2D eigenvalue weighted by molar-refractivity contribution is 7.98. The fraction of sp³-hybridized carbons (Fsp3) is 0.400. The molecule has 0 amide bonds. The molecule has 1 aliphatic heterocycles. The number of imidazole rings is 1. The summed E-state index contributed by atoms with van der Waals surface area (Å²) < 4.78 is 12.1. The maximum atomic E-state index is 12.3. The van der Waals surface area contributed by atoms with Crippen molar-refractivity contribution in [1.29, 1.82) is 0 Å². The number of nitrogens with one attached hydrogen (secondary N) is 1. The summed E-state index contributed by atoms with van der Waals surface area (Å²) in [5.74, 6) is 1.21. The molecule has 0 aliphatic carbocycles. The average molecular weight is 380 g/mol. The van der Waals surface area contributed by atoms with Crippen LogP contribution in [0.15, 0.2) is 39.1 Å². The minimum absolute atomic E-state index is 0.0880. The van der Waals surface area contributed by atoms with Crippen LogP contribution in [0.4, 0.5) is 0 Å². The number of hydrogen-bond acceptors (Lipinski definition) is 9. The van der Waals surface area contributed by atoms with E-state index in [9.17, 15) is 20.1 Å². The average Bonchev–Trinajstić information content (AvgIpc) is 3.34. The summed E-state index contributed by atoms with van der Waals surface area (Å²) >= 11 is 1.27. The normalized spacial score (nSPS) is 26.0. The van der Waals surface area contributed by atoms with Crippen LogP contribution < -0.4 is 5.56 Å². The molecule has 0 unspecified atom stereocenters. The molecule has 0 aromatic carbocycles. The SMILES string of the molecule is O=c1[nH]c(SCc2ccco2)nc2c1ncn2[C@@H]1O[C@H](CO)[C@@H](O)[C@H]1O. The zero-order valence-electron chi connectivity index (χ0n) is 13.3. The third-order valence-electron chi connectivity index (χ3n) is 4.13. The molecule has 138 valence electrons. The number of aliphatic hydroxyl groups is 3. The quantitative estimate of drug-likeness (QED) is 0.343. The van der Waals surface area contributed by atoms with Crippen molar-refractivity contribution in [1.82, 2.24) is 19.5 Å². The first kappa shape index (κ1) is 17.2. The van der Waals surface area contributed by atoms with Gasteiger partial charge in [0.05, 0.1) is 25.0 Å². The van der Waals surface area contributed by atoms with Crippen LogP contribution in [0.25, 0.3) is 11.2 Å². The second kappa shape index (κ2) is 6.85. The lowest BCUT2D eigenvalue weighted by Crippen LogP contribution is -2.33. The first-order valence-electron chi connectivity index (χ1n) is 7.83. The van der Waals surface area contributed by atoms with Gasteiger partial charge in [0.15, 0.2) is 22.5 Å². The second-order valence-electron chi connectivity index (χ2n) is 5.79. The predicted molar refractivity (Wildman–Crippen MR) is 89.4 cm³/mol. The van der Waals surface area contributed by atoms with E-state index >= 15 is 0 Å². The van der Waals surface area contributed by atoms with E-state index in [0.29, 0.717) is 10.9 Å². The fourth-order valence-electron chi connectivity index (χ4n) is 2.80. The smallest absolute Gasteiger partial charge is 0.279 e. The van der Waals surface area contributed by atoms with Crippen LogP contribution in [0.3, 0.4) is 0 Å². The lowest BCUT2D eigenvalue weighted by molar-refractivity contribution is -0.0511. The molecule has 3 aromatic heterocycles. The maximum Gasteiger partial charge on any atom is 0.279 e. The number of nitrogens with zero attached hydrogens (tertiary/aromatic N) is 3. The van der Waals surface area contributed by atoms with E-state index in [0.717, 1.165) is 5.76 Å². The van der Waals surface area contributed by atoms with E-state index in [4.69, 9.17) is 9.15 Å². The molecule has 26 heavy (non-hydrogen) atoms. The third-order valence-corrected chi connectivity index (χ3v) is 5.03. The molecule has 4 atom stereocenters. The summed E-state index contributed by atoms with van der Waals surface area (Å²) in [5, 5.41) is 29.7. The zero-order chi connectivity index (χ0) is 18.3. The summed E-state index contributed by atoms with van der Waals surface area (Å²) in [6.07, 6.45) is -1.60. The van der Waals surface area contributed by atoms with Gasteiger partial charge in [-0.15, -0.1) is 0 Å². The Labute approximate surface area is 150 Å². The van der Waals surface area contributed by atoms with Crippen LogP contribution in [0.1, 0.15) is 12.0 Å². The fourth-order valence-corrected chi connectivity index (χ4v) is 3.56. The molecular formula is C15H16N4O6S. The van der Waals surface area contributed by atoms with E-state index in [2.05, 4.69) is 15.0 Å². The highest BCUT2D eigenvalue weighted by Gasteiger charge is 2.44. The first-order valence-corrected chi connectivity index (χ1v) is 8.81. The monoisotopic (exact) mass is 380 g/mol. The number of aromatic nitrogens is 4. The Bertz CT molecular complexity index is 955. The van der Waals surface area contributed by atoms with Crippen molar-refractivity contribution < 1.29 is 24.5 Å². The van der Waals surface area contributed by atoms with Crippen molar-refractivity contribution in [3.05, 3.63) is 40.8 Å². The van der Waals surface area contributed by atoms with Crippen molar-refractivity contribution in [3.8, 4) is 0 Å². The van der Waals surface area contributed by atoms with Gasteiger partial charge in [-0.25, -0.2) is 9.97 Å². The van der Waals surface area contributed by atoms with Crippen LogP contribution in [0.5, 0.6) is 0 Å². The Morgan fingerprint density at radius 3 is 2.88 bits per heavy atom. The molecule has 3 aromatic rings. The van der Waals surface area contributed by atoms with E-state index in [1.165, 1.54) is 22.7 Å². The third kappa shape index (κ3) is 2.93. The second-order valence-corrected chi connectivity index (χ2v) is 6.76. The lowest BCUT2D eigenvalue weighted by Gasteiger charge is -2.16. The summed E-state index contributed by atoms with van der Waals surface area (Å²) in [6.45, 7) is -0.445. The highest BCUT2D eigenvalue weighted by Crippen LogP contribution is 2.31. The largest absolute Gasteiger partial charge is 0.468 e. The Kier molecular flexibility index (Phi) is 4.54. The number of aromatic amines is 1. The molecule has 1 fully saturated rings. The van der Waals surface area contributed by atoms with Crippen LogP contribution in [0.2, 0.25) is 0 Å². The maximum absolute atomic E-state index is 12.3. The molecule has 1 aliphatic rings. The van der Waals surface area contributed by atoms with E-state index in [1.807, 2.05) is 6.07 Å². The van der Waals surface area contributed by atoms with E-state index in [1.54, 1.807) is 12.3 Å². The Balaban J connectivity index is 1.67. The molecule has 0 saturated carbocycles. The summed E-state index contributed by atoms with van der Waals surface area (Å²) in [5.41, 5.74) is -0.127. The Morgan fingerprint density at radius 2 is 2.19 bits per heavy atom. The van der Waals surface area contributed by atoms with Crippen molar-refractivity contribution in [2.45, 2.75) is 35.4 Å². The number of furan rings is 1. The summed E-state index contributed by atoms with van der Waals surface area (Å²) in [4.78, 5) is 23.3. The first-order chi connectivity index (χ1) is 12.6.